The second-order valence-electron chi connectivity index (χ2n) is 7.16. The highest BCUT2D eigenvalue weighted by molar-refractivity contribution is 5.98. The number of hydrogen-bond acceptors (Lipinski definition) is 4. The summed E-state index contributed by atoms with van der Waals surface area (Å²) >= 11 is 0. The molecule has 4 rings (SSSR count). The van der Waals surface area contributed by atoms with E-state index >= 15 is 0 Å². The summed E-state index contributed by atoms with van der Waals surface area (Å²) in [6.07, 6.45) is -0.952. The molecule has 1 saturated heterocycles. The summed E-state index contributed by atoms with van der Waals surface area (Å²) in [5, 5.41) is 0. The number of hydrogen-bond donors (Lipinski definition) is 0. The molecule has 0 spiro atoms. The first-order chi connectivity index (χ1) is 13.1. The number of halogens is 1. The largest absolute Gasteiger partial charge is 0.487 e. The predicted octanol–water partition coefficient (Wildman–Crippen LogP) is 3.36. The number of piperidine rings is 1. The zero-order valence-corrected chi connectivity index (χ0v) is 15.7. The van der Waals surface area contributed by atoms with E-state index in [9.17, 15) is 9.18 Å². The number of rotatable bonds is 4. The normalized spacial score (nSPS) is 22.1. The molecule has 3 heterocycles. The molecule has 1 aromatic carbocycles. The van der Waals surface area contributed by atoms with E-state index in [1.807, 2.05) is 55.1 Å². The van der Waals surface area contributed by atoms with Gasteiger partial charge >= 0.3 is 0 Å². The number of nitrogens with zero attached hydrogens (tertiary/aromatic N) is 3. The molecule has 1 fully saturated rings. The van der Waals surface area contributed by atoms with Crippen LogP contribution < -0.4 is 9.64 Å². The van der Waals surface area contributed by atoms with E-state index in [-0.39, 0.29) is 12.5 Å². The van der Waals surface area contributed by atoms with Crippen LogP contribution in [-0.4, -0.2) is 47.7 Å². The first-order valence-corrected chi connectivity index (χ1v) is 9.47. The molecule has 0 aliphatic carbocycles. The van der Waals surface area contributed by atoms with Crippen LogP contribution in [0.1, 0.15) is 35.0 Å². The zero-order chi connectivity index (χ0) is 19.0. The van der Waals surface area contributed by atoms with Crippen molar-refractivity contribution in [2.45, 2.75) is 39.1 Å². The van der Waals surface area contributed by atoms with Crippen molar-refractivity contribution in [3.63, 3.8) is 0 Å². The average Bonchev–Trinajstić information content (AvgIpc) is 2.99. The van der Waals surface area contributed by atoms with Gasteiger partial charge in [-0.2, -0.15) is 0 Å². The number of para-hydroxylation sites is 1. The van der Waals surface area contributed by atoms with Gasteiger partial charge in [0.1, 0.15) is 17.7 Å². The van der Waals surface area contributed by atoms with Crippen molar-refractivity contribution in [1.29, 1.82) is 0 Å². The number of alkyl halides is 1. The van der Waals surface area contributed by atoms with Crippen molar-refractivity contribution >= 4 is 11.7 Å². The maximum Gasteiger partial charge on any atom is 0.256 e. The van der Waals surface area contributed by atoms with Crippen molar-refractivity contribution in [2.24, 2.45) is 0 Å². The van der Waals surface area contributed by atoms with Crippen LogP contribution in [0, 0.1) is 6.92 Å². The Morgan fingerprint density at radius 1 is 1.30 bits per heavy atom. The molecule has 6 heteroatoms. The summed E-state index contributed by atoms with van der Waals surface area (Å²) < 4.78 is 20.6. The number of benzene rings is 1. The number of carbonyl (C=O) groups is 1. The van der Waals surface area contributed by atoms with Gasteiger partial charge in [-0.25, -0.2) is 9.37 Å². The highest BCUT2D eigenvalue weighted by atomic mass is 19.1. The van der Waals surface area contributed by atoms with E-state index in [2.05, 4.69) is 0 Å². The minimum atomic E-state index is -1.10. The quantitative estimate of drug-likeness (QED) is 0.829. The summed E-state index contributed by atoms with van der Waals surface area (Å²) in [4.78, 5) is 20.8. The first-order valence-electron chi connectivity index (χ1n) is 9.47. The standard InChI is InChI=1S/C21H24FN3O2/c1-3-24-13-18-16(21(24)26)11-14(2)20(23-18)25-10-9-19(17(22)12-25)27-15-7-5-4-6-8-15/h4-8,11,17,19H,3,9-10,12-13H2,1-2H3/t17-,19?/m0/s1. The number of amides is 1. The Bertz CT molecular complexity index is 843. The van der Waals surface area contributed by atoms with Crippen molar-refractivity contribution in [3.8, 4) is 5.75 Å². The van der Waals surface area contributed by atoms with Gasteiger partial charge in [0.15, 0.2) is 6.17 Å². The third kappa shape index (κ3) is 3.36. The molecular formula is C21H24FN3O2. The second kappa shape index (κ2) is 7.18. The van der Waals surface area contributed by atoms with Gasteiger partial charge in [0.25, 0.3) is 5.91 Å². The van der Waals surface area contributed by atoms with E-state index in [4.69, 9.17) is 9.72 Å². The Balaban J connectivity index is 1.49. The van der Waals surface area contributed by atoms with Crippen LogP contribution in [-0.2, 0) is 6.54 Å². The van der Waals surface area contributed by atoms with Crippen LogP contribution in [0.4, 0.5) is 10.2 Å². The summed E-state index contributed by atoms with van der Waals surface area (Å²) in [5.74, 6) is 1.51. The lowest BCUT2D eigenvalue weighted by molar-refractivity contribution is 0.0786. The van der Waals surface area contributed by atoms with Crippen molar-refractivity contribution in [2.75, 3.05) is 24.5 Å². The lowest BCUT2D eigenvalue weighted by Gasteiger charge is -2.36. The number of carbonyl (C=O) groups excluding carboxylic acids is 1. The molecule has 27 heavy (non-hydrogen) atoms. The fourth-order valence-electron chi connectivity index (χ4n) is 3.83. The smallest absolute Gasteiger partial charge is 0.256 e. The van der Waals surface area contributed by atoms with Gasteiger partial charge in [-0.1, -0.05) is 18.2 Å². The summed E-state index contributed by atoms with van der Waals surface area (Å²) in [5.41, 5.74) is 2.38. The molecule has 0 bridgehead atoms. The fraction of sp³-hybridized carbons (Fsp3) is 0.429. The first kappa shape index (κ1) is 17.8. The maximum absolute atomic E-state index is 14.8. The average molecular weight is 369 g/mol. The zero-order valence-electron chi connectivity index (χ0n) is 15.7. The Kier molecular flexibility index (Phi) is 4.72. The summed E-state index contributed by atoms with van der Waals surface area (Å²) in [7, 11) is 0. The van der Waals surface area contributed by atoms with Crippen LogP contribution in [0.25, 0.3) is 0 Å². The third-order valence-electron chi connectivity index (χ3n) is 5.32. The monoisotopic (exact) mass is 369 g/mol. The molecule has 2 aliphatic heterocycles. The van der Waals surface area contributed by atoms with Gasteiger partial charge in [-0.3, -0.25) is 4.79 Å². The van der Waals surface area contributed by atoms with Gasteiger partial charge < -0.3 is 14.5 Å². The molecule has 5 nitrogen and oxygen atoms in total. The van der Waals surface area contributed by atoms with Crippen LogP contribution >= 0.6 is 0 Å². The van der Waals surface area contributed by atoms with E-state index in [0.29, 0.717) is 37.4 Å². The van der Waals surface area contributed by atoms with E-state index in [1.54, 1.807) is 4.90 Å². The van der Waals surface area contributed by atoms with Crippen molar-refractivity contribution in [3.05, 3.63) is 53.2 Å². The van der Waals surface area contributed by atoms with Crippen molar-refractivity contribution < 1.29 is 13.9 Å². The molecular weight excluding hydrogens is 345 g/mol. The van der Waals surface area contributed by atoms with Crippen LogP contribution in [0.2, 0.25) is 0 Å². The van der Waals surface area contributed by atoms with Crippen molar-refractivity contribution in [1.82, 2.24) is 9.88 Å². The third-order valence-corrected chi connectivity index (χ3v) is 5.32. The summed E-state index contributed by atoms with van der Waals surface area (Å²) in [6, 6.07) is 11.3. The van der Waals surface area contributed by atoms with Gasteiger partial charge in [0.2, 0.25) is 0 Å². The molecule has 1 aromatic heterocycles. The van der Waals surface area contributed by atoms with E-state index < -0.39 is 12.3 Å². The van der Waals surface area contributed by atoms with Gasteiger partial charge in [0, 0.05) is 19.5 Å². The van der Waals surface area contributed by atoms with Crippen LogP contribution in [0.15, 0.2) is 36.4 Å². The molecule has 0 saturated carbocycles. The maximum atomic E-state index is 14.8. The lowest BCUT2D eigenvalue weighted by atomic mass is 10.0. The molecule has 2 atom stereocenters. The molecule has 0 N–H and O–H groups in total. The SMILES string of the molecule is CCN1Cc2nc(N3CCC(Oc4ccccc4)[C@@H](F)C3)c(C)cc2C1=O. The number of aromatic nitrogens is 1. The van der Waals surface area contributed by atoms with E-state index in [0.717, 1.165) is 17.1 Å². The Hall–Kier alpha value is -2.63. The van der Waals surface area contributed by atoms with Gasteiger partial charge in [-0.15, -0.1) is 0 Å². The van der Waals surface area contributed by atoms with Gasteiger partial charge in [0.05, 0.1) is 24.3 Å². The minimum absolute atomic E-state index is 0.0352. The number of pyridine rings is 1. The van der Waals surface area contributed by atoms with E-state index in [1.165, 1.54) is 0 Å². The topological polar surface area (TPSA) is 45.7 Å². The molecule has 142 valence electrons. The summed E-state index contributed by atoms with van der Waals surface area (Å²) in [6.45, 7) is 6.02. The fourth-order valence-corrected chi connectivity index (χ4v) is 3.83. The molecule has 2 aliphatic rings. The molecule has 1 amide bonds. The molecule has 1 unspecified atom stereocenters. The van der Waals surface area contributed by atoms with Gasteiger partial charge in [-0.05, 0) is 37.6 Å². The number of fused-ring (bicyclic) bond motifs is 1. The Morgan fingerprint density at radius 3 is 2.78 bits per heavy atom. The van der Waals surface area contributed by atoms with Crippen LogP contribution in [0.5, 0.6) is 5.75 Å². The minimum Gasteiger partial charge on any atom is -0.487 e. The Morgan fingerprint density at radius 2 is 2.07 bits per heavy atom. The highest BCUT2D eigenvalue weighted by Crippen LogP contribution is 2.30. The number of anilines is 1. The molecule has 0 radical (unpaired) electrons. The van der Waals surface area contributed by atoms with Crippen LogP contribution in [0.3, 0.4) is 0 Å². The molecule has 2 aromatic rings. The highest BCUT2D eigenvalue weighted by Gasteiger charge is 2.34. The second-order valence-corrected chi connectivity index (χ2v) is 7.16. The lowest BCUT2D eigenvalue weighted by Crippen LogP contribution is -2.47. The number of ether oxygens (including phenoxy) is 1. The number of aryl methyl sites for hydroxylation is 1. The predicted molar refractivity (Wildman–Crippen MR) is 102 cm³/mol. The Labute approximate surface area is 158 Å².